The largest absolute Gasteiger partial charge is 0.390 e. The second kappa shape index (κ2) is 7.64. The van der Waals surface area contributed by atoms with E-state index in [0.717, 1.165) is 32.0 Å². The Kier molecular flexibility index (Phi) is 5.85. The fourth-order valence-corrected chi connectivity index (χ4v) is 2.58. The van der Waals surface area contributed by atoms with Crippen LogP contribution in [0.25, 0.3) is 0 Å². The van der Waals surface area contributed by atoms with E-state index in [-0.39, 0.29) is 6.10 Å². The van der Waals surface area contributed by atoms with E-state index in [1.54, 1.807) is 0 Å². The number of anilines is 2. The zero-order valence-electron chi connectivity index (χ0n) is 13.3. The fourth-order valence-electron chi connectivity index (χ4n) is 2.58. The number of rotatable bonds is 6. The average molecular weight is 293 g/mol. The summed E-state index contributed by atoms with van der Waals surface area (Å²) in [6.45, 7) is 6.72. The van der Waals surface area contributed by atoms with Gasteiger partial charge in [-0.3, -0.25) is 4.90 Å². The van der Waals surface area contributed by atoms with Gasteiger partial charge < -0.3 is 20.1 Å². The summed E-state index contributed by atoms with van der Waals surface area (Å²) in [7, 11) is 4.08. The Labute approximate surface area is 127 Å². The first kappa shape index (κ1) is 16.1. The Morgan fingerprint density at radius 3 is 2.71 bits per heavy atom. The number of nitrogens with one attached hydrogen (secondary N) is 1. The number of morpholine rings is 1. The van der Waals surface area contributed by atoms with Crippen LogP contribution >= 0.6 is 0 Å². The molecule has 1 aromatic carbocycles. The van der Waals surface area contributed by atoms with Gasteiger partial charge in [0.25, 0.3) is 0 Å². The molecule has 0 bridgehead atoms. The predicted molar refractivity (Wildman–Crippen MR) is 87.3 cm³/mol. The van der Waals surface area contributed by atoms with Gasteiger partial charge in [0.05, 0.1) is 19.3 Å². The summed E-state index contributed by atoms with van der Waals surface area (Å²) in [5.74, 6) is 0. The zero-order valence-corrected chi connectivity index (χ0v) is 13.3. The van der Waals surface area contributed by atoms with Gasteiger partial charge in [0.15, 0.2) is 0 Å². The first-order chi connectivity index (χ1) is 10.1. The van der Waals surface area contributed by atoms with Crippen molar-refractivity contribution < 1.29 is 9.84 Å². The van der Waals surface area contributed by atoms with Crippen molar-refractivity contribution in [1.29, 1.82) is 0 Å². The lowest BCUT2D eigenvalue weighted by Crippen LogP contribution is -2.42. The van der Waals surface area contributed by atoms with E-state index in [1.807, 2.05) is 14.1 Å². The van der Waals surface area contributed by atoms with Gasteiger partial charge in [0.2, 0.25) is 0 Å². The number of hydrogen-bond acceptors (Lipinski definition) is 5. The molecule has 21 heavy (non-hydrogen) atoms. The molecule has 1 atom stereocenters. The van der Waals surface area contributed by atoms with Gasteiger partial charge in [-0.2, -0.15) is 0 Å². The lowest BCUT2D eigenvalue weighted by Gasteiger charge is -2.28. The van der Waals surface area contributed by atoms with E-state index in [2.05, 4.69) is 40.2 Å². The predicted octanol–water partition coefficient (Wildman–Crippen LogP) is 1.17. The topological polar surface area (TPSA) is 48.0 Å². The third-order valence-corrected chi connectivity index (χ3v) is 3.81. The van der Waals surface area contributed by atoms with Crippen LogP contribution in [0.5, 0.6) is 0 Å². The van der Waals surface area contributed by atoms with Crippen molar-refractivity contribution in [3.05, 3.63) is 23.8 Å². The molecule has 1 saturated heterocycles. The lowest BCUT2D eigenvalue weighted by molar-refractivity contribution is 0.0171. The van der Waals surface area contributed by atoms with Crippen LogP contribution in [0.4, 0.5) is 11.4 Å². The highest BCUT2D eigenvalue weighted by Crippen LogP contribution is 2.22. The minimum absolute atomic E-state index is 0.368. The monoisotopic (exact) mass is 293 g/mol. The van der Waals surface area contributed by atoms with Crippen LogP contribution in [-0.2, 0) is 4.74 Å². The smallest absolute Gasteiger partial charge is 0.0839 e. The Bertz CT molecular complexity index is 445. The summed E-state index contributed by atoms with van der Waals surface area (Å²) in [5, 5.41) is 13.5. The molecule has 0 spiro atoms. The Morgan fingerprint density at radius 1 is 1.33 bits per heavy atom. The SMILES string of the molecule is Cc1ccc(NCC(O)CN2CCOCC2)cc1N(C)C. The number of hydrogen-bond donors (Lipinski definition) is 2. The zero-order chi connectivity index (χ0) is 15.2. The van der Waals surface area contributed by atoms with Crippen LogP contribution in [0, 0.1) is 6.92 Å². The van der Waals surface area contributed by atoms with E-state index >= 15 is 0 Å². The van der Waals surface area contributed by atoms with E-state index < -0.39 is 0 Å². The maximum Gasteiger partial charge on any atom is 0.0839 e. The third kappa shape index (κ3) is 4.88. The van der Waals surface area contributed by atoms with Crippen molar-refractivity contribution in [2.24, 2.45) is 0 Å². The molecule has 5 nitrogen and oxygen atoms in total. The Morgan fingerprint density at radius 2 is 2.05 bits per heavy atom. The van der Waals surface area contributed by atoms with E-state index in [9.17, 15) is 5.11 Å². The van der Waals surface area contributed by atoms with Crippen LogP contribution in [-0.4, -0.2) is 69.6 Å². The number of aliphatic hydroxyl groups is 1. The molecular weight excluding hydrogens is 266 g/mol. The molecule has 118 valence electrons. The summed E-state index contributed by atoms with van der Waals surface area (Å²) < 4.78 is 5.31. The normalized spacial score (nSPS) is 17.5. The van der Waals surface area contributed by atoms with Gasteiger partial charge in [-0.05, 0) is 24.6 Å². The number of aliphatic hydroxyl groups excluding tert-OH is 1. The third-order valence-electron chi connectivity index (χ3n) is 3.81. The maximum absolute atomic E-state index is 10.1. The maximum atomic E-state index is 10.1. The Hall–Kier alpha value is -1.30. The number of ether oxygens (including phenoxy) is 1. The molecular formula is C16H27N3O2. The molecule has 0 aromatic heterocycles. The Balaban J connectivity index is 1.83. The molecule has 1 aliphatic heterocycles. The molecule has 2 rings (SSSR count). The summed E-state index contributed by atoms with van der Waals surface area (Å²) in [6.07, 6.45) is -0.368. The average Bonchev–Trinajstić information content (AvgIpc) is 2.47. The van der Waals surface area contributed by atoms with Gasteiger partial charge in [0, 0.05) is 51.6 Å². The van der Waals surface area contributed by atoms with E-state index in [1.165, 1.54) is 11.3 Å². The molecule has 5 heteroatoms. The standard InChI is InChI=1S/C16H27N3O2/c1-13-4-5-14(10-16(13)18(2)3)17-11-15(20)12-19-6-8-21-9-7-19/h4-5,10,15,17,20H,6-9,11-12H2,1-3H3. The molecule has 0 aliphatic carbocycles. The van der Waals surface area contributed by atoms with Crippen LogP contribution in [0.15, 0.2) is 18.2 Å². The highest BCUT2D eigenvalue weighted by atomic mass is 16.5. The van der Waals surface area contributed by atoms with Crippen molar-refractivity contribution in [2.75, 3.05) is 63.7 Å². The van der Waals surface area contributed by atoms with Gasteiger partial charge in [0.1, 0.15) is 0 Å². The minimum atomic E-state index is -0.368. The number of nitrogens with zero attached hydrogens (tertiary/aromatic N) is 2. The number of benzene rings is 1. The van der Waals surface area contributed by atoms with Crippen molar-refractivity contribution in [1.82, 2.24) is 4.90 Å². The number of aryl methyl sites for hydroxylation is 1. The second-order valence-electron chi connectivity index (χ2n) is 5.84. The summed E-state index contributed by atoms with van der Waals surface area (Å²) in [5.41, 5.74) is 3.49. The van der Waals surface area contributed by atoms with Crippen molar-refractivity contribution in [2.45, 2.75) is 13.0 Å². The first-order valence-electron chi connectivity index (χ1n) is 7.56. The van der Waals surface area contributed by atoms with Crippen LogP contribution in [0.1, 0.15) is 5.56 Å². The molecule has 1 aliphatic rings. The lowest BCUT2D eigenvalue weighted by atomic mass is 10.1. The highest BCUT2D eigenvalue weighted by molar-refractivity contribution is 5.61. The molecule has 1 unspecified atom stereocenters. The fraction of sp³-hybridized carbons (Fsp3) is 0.625. The van der Waals surface area contributed by atoms with Crippen molar-refractivity contribution >= 4 is 11.4 Å². The molecule has 0 radical (unpaired) electrons. The number of β-amino-alcohol motifs (C(OH)–C–C–N with tert-alkyl or cyclic N) is 1. The molecule has 1 heterocycles. The van der Waals surface area contributed by atoms with E-state index in [4.69, 9.17) is 4.74 Å². The van der Waals surface area contributed by atoms with Gasteiger partial charge >= 0.3 is 0 Å². The minimum Gasteiger partial charge on any atom is -0.390 e. The molecule has 0 amide bonds. The summed E-state index contributed by atoms with van der Waals surface area (Å²) in [6, 6.07) is 6.28. The quantitative estimate of drug-likeness (QED) is 0.824. The molecule has 0 saturated carbocycles. The van der Waals surface area contributed by atoms with Gasteiger partial charge in [-0.25, -0.2) is 0 Å². The second-order valence-corrected chi connectivity index (χ2v) is 5.84. The van der Waals surface area contributed by atoms with Crippen LogP contribution in [0.3, 0.4) is 0 Å². The van der Waals surface area contributed by atoms with Crippen molar-refractivity contribution in [3.63, 3.8) is 0 Å². The van der Waals surface area contributed by atoms with Gasteiger partial charge in [-0.1, -0.05) is 6.07 Å². The summed E-state index contributed by atoms with van der Waals surface area (Å²) in [4.78, 5) is 4.35. The van der Waals surface area contributed by atoms with Crippen LogP contribution in [0.2, 0.25) is 0 Å². The molecule has 2 N–H and O–H groups in total. The van der Waals surface area contributed by atoms with Gasteiger partial charge in [-0.15, -0.1) is 0 Å². The first-order valence-corrected chi connectivity index (χ1v) is 7.56. The molecule has 1 aromatic rings. The summed E-state index contributed by atoms with van der Waals surface area (Å²) >= 11 is 0. The van der Waals surface area contributed by atoms with E-state index in [0.29, 0.717) is 13.1 Å². The highest BCUT2D eigenvalue weighted by Gasteiger charge is 2.14. The molecule has 1 fully saturated rings. The van der Waals surface area contributed by atoms with Crippen LogP contribution < -0.4 is 10.2 Å². The van der Waals surface area contributed by atoms with Crippen molar-refractivity contribution in [3.8, 4) is 0 Å².